The van der Waals surface area contributed by atoms with E-state index in [0.717, 1.165) is 36.3 Å². The predicted molar refractivity (Wildman–Crippen MR) is 141 cm³/mol. The molecule has 0 unspecified atom stereocenters. The molecule has 0 radical (unpaired) electrons. The summed E-state index contributed by atoms with van der Waals surface area (Å²) in [6.45, 7) is 0. The zero-order valence-electron chi connectivity index (χ0n) is 16.8. The van der Waals surface area contributed by atoms with Crippen LogP contribution < -0.4 is 4.90 Å². The third-order valence-corrected chi connectivity index (χ3v) is 6.37. The van der Waals surface area contributed by atoms with Crippen LogP contribution in [0.2, 0.25) is 0 Å². The second kappa shape index (κ2) is 8.92. The van der Waals surface area contributed by atoms with E-state index >= 15 is 0 Å². The Labute approximate surface area is 208 Å². The van der Waals surface area contributed by atoms with Crippen molar-refractivity contribution in [2.24, 2.45) is 0 Å². The standard InChI is InChI=1S/C27H17BrINO2/c28-21-11-9-19(10-12-21)26-14-13-24(32-26)15-20-16-25(18-5-2-1-3-6-18)30(27(20)31)23-8-4-7-22(29)17-23/h1-17H/b20-15+. The van der Waals surface area contributed by atoms with E-state index in [1.54, 1.807) is 4.90 Å². The molecule has 1 amide bonds. The van der Waals surface area contributed by atoms with Crippen molar-refractivity contribution >= 4 is 61.9 Å². The lowest BCUT2D eigenvalue weighted by Crippen LogP contribution is -2.25. The molecule has 5 heteroatoms. The summed E-state index contributed by atoms with van der Waals surface area (Å²) in [5, 5.41) is 0. The third-order valence-electron chi connectivity index (χ3n) is 5.17. The SMILES string of the molecule is O=C1/C(=C/c2ccc(-c3ccc(Br)cc3)o2)C=C(c2ccccc2)N1c1cccc(I)c1. The molecule has 0 saturated heterocycles. The molecule has 0 fully saturated rings. The minimum absolute atomic E-state index is 0.0764. The first kappa shape index (κ1) is 21.0. The predicted octanol–water partition coefficient (Wildman–Crippen LogP) is 7.79. The van der Waals surface area contributed by atoms with E-state index in [-0.39, 0.29) is 5.91 Å². The van der Waals surface area contributed by atoms with Gasteiger partial charge < -0.3 is 4.42 Å². The van der Waals surface area contributed by atoms with Crippen LogP contribution >= 0.6 is 38.5 Å². The number of rotatable bonds is 4. The highest BCUT2D eigenvalue weighted by Crippen LogP contribution is 2.36. The molecule has 156 valence electrons. The van der Waals surface area contributed by atoms with Crippen molar-refractivity contribution < 1.29 is 9.21 Å². The summed E-state index contributed by atoms with van der Waals surface area (Å²) in [6.07, 6.45) is 3.74. The first-order valence-corrected chi connectivity index (χ1v) is 11.9. The summed E-state index contributed by atoms with van der Waals surface area (Å²) >= 11 is 5.72. The van der Waals surface area contributed by atoms with Crippen LogP contribution in [0, 0.1) is 3.57 Å². The minimum atomic E-state index is -0.0764. The lowest BCUT2D eigenvalue weighted by molar-refractivity contribution is -0.113. The van der Waals surface area contributed by atoms with Crippen LogP contribution in [0.3, 0.4) is 0 Å². The number of hydrogen-bond acceptors (Lipinski definition) is 2. The monoisotopic (exact) mass is 593 g/mol. The lowest BCUT2D eigenvalue weighted by Gasteiger charge is -2.21. The van der Waals surface area contributed by atoms with E-state index in [1.165, 1.54) is 0 Å². The van der Waals surface area contributed by atoms with Crippen molar-refractivity contribution in [3.8, 4) is 11.3 Å². The van der Waals surface area contributed by atoms with Crippen molar-refractivity contribution in [1.29, 1.82) is 0 Å². The van der Waals surface area contributed by atoms with Gasteiger partial charge in [-0.15, -0.1) is 0 Å². The Kier molecular flexibility index (Phi) is 5.85. The zero-order chi connectivity index (χ0) is 22.1. The highest BCUT2D eigenvalue weighted by atomic mass is 127. The number of nitrogens with zero attached hydrogens (tertiary/aromatic N) is 1. The van der Waals surface area contributed by atoms with Gasteiger partial charge in [-0.3, -0.25) is 9.69 Å². The van der Waals surface area contributed by atoms with Crippen LogP contribution in [0.25, 0.3) is 23.1 Å². The van der Waals surface area contributed by atoms with Gasteiger partial charge in [0, 0.05) is 19.2 Å². The van der Waals surface area contributed by atoms with Crippen LogP contribution in [0.4, 0.5) is 5.69 Å². The zero-order valence-corrected chi connectivity index (χ0v) is 20.6. The minimum Gasteiger partial charge on any atom is -0.457 e. The van der Waals surface area contributed by atoms with Gasteiger partial charge in [0.25, 0.3) is 5.91 Å². The summed E-state index contributed by atoms with van der Waals surface area (Å²) in [7, 11) is 0. The molecule has 4 aromatic rings. The van der Waals surface area contributed by atoms with Gasteiger partial charge in [-0.2, -0.15) is 0 Å². The second-order valence-electron chi connectivity index (χ2n) is 7.32. The molecule has 2 heterocycles. The largest absolute Gasteiger partial charge is 0.457 e. The van der Waals surface area contributed by atoms with Gasteiger partial charge in [0.1, 0.15) is 11.5 Å². The number of anilines is 1. The number of benzene rings is 3. The van der Waals surface area contributed by atoms with Crippen molar-refractivity contribution in [3.63, 3.8) is 0 Å². The molecule has 3 nitrogen and oxygen atoms in total. The van der Waals surface area contributed by atoms with Crippen molar-refractivity contribution in [2.45, 2.75) is 0 Å². The van der Waals surface area contributed by atoms with Crippen LogP contribution in [-0.4, -0.2) is 5.91 Å². The molecule has 32 heavy (non-hydrogen) atoms. The van der Waals surface area contributed by atoms with Crippen molar-refractivity contribution in [3.05, 3.63) is 122 Å². The maximum atomic E-state index is 13.5. The first-order chi connectivity index (χ1) is 15.6. The lowest BCUT2D eigenvalue weighted by atomic mass is 10.1. The fourth-order valence-electron chi connectivity index (χ4n) is 3.66. The Hall–Kier alpha value is -2.90. The van der Waals surface area contributed by atoms with Gasteiger partial charge in [0.2, 0.25) is 0 Å². The van der Waals surface area contributed by atoms with Gasteiger partial charge in [0.05, 0.1) is 11.4 Å². The van der Waals surface area contributed by atoms with Crippen molar-refractivity contribution in [1.82, 2.24) is 0 Å². The topological polar surface area (TPSA) is 33.5 Å². The van der Waals surface area contributed by atoms with Gasteiger partial charge in [-0.1, -0.05) is 64.5 Å². The van der Waals surface area contributed by atoms with E-state index in [9.17, 15) is 4.79 Å². The normalized spacial score (nSPS) is 14.8. The molecule has 5 rings (SSSR count). The molecule has 0 N–H and O–H groups in total. The number of amides is 1. The molecule has 1 aromatic heterocycles. The molecular weight excluding hydrogens is 577 g/mol. The Morgan fingerprint density at radius 3 is 2.38 bits per heavy atom. The number of carbonyl (C=O) groups excluding carboxylic acids is 1. The van der Waals surface area contributed by atoms with E-state index in [1.807, 2.05) is 103 Å². The fraction of sp³-hybridized carbons (Fsp3) is 0. The van der Waals surface area contributed by atoms with E-state index in [2.05, 4.69) is 38.5 Å². The quantitative estimate of drug-likeness (QED) is 0.179. The molecule has 0 spiro atoms. The van der Waals surface area contributed by atoms with E-state index in [4.69, 9.17) is 4.42 Å². The molecule has 0 aliphatic carbocycles. The number of hydrogen-bond donors (Lipinski definition) is 0. The fourth-order valence-corrected chi connectivity index (χ4v) is 4.45. The smallest absolute Gasteiger partial charge is 0.263 e. The Morgan fingerprint density at radius 1 is 0.844 bits per heavy atom. The van der Waals surface area contributed by atoms with Crippen LogP contribution in [0.5, 0.6) is 0 Å². The second-order valence-corrected chi connectivity index (χ2v) is 9.49. The molecular formula is C27H17BrINO2. The summed E-state index contributed by atoms with van der Waals surface area (Å²) < 4.78 is 8.11. The van der Waals surface area contributed by atoms with E-state index < -0.39 is 0 Å². The maximum absolute atomic E-state index is 13.5. The number of carbonyl (C=O) groups is 1. The third kappa shape index (κ3) is 4.23. The van der Waals surface area contributed by atoms with Crippen LogP contribution in [-0.2, 0) is 4.79 Å². The van der Waals surface area contributed by atoms with Gasteiger partial charge in [0.15, 0.2) is 0 Å². The van der Waals surface area contributed by atoms with Gasteiger partial charge in [-0.05, 0) is 82.8 Å². The highest BCUT2D eigenvalue weighted by Gasteiger charge is 2.30. The van der Waals surface area contributed by atoms with Gasteiger partial charge in [-0.25, -0.2) is 0 Å². The average Bonchev–Trinajstić information content (AvgIpc) is 3.40. The molecule has 3 aromatic carbocycles. The van der Waals surface area contributed by atoms with Gasteiger partial charge >= 0.3 is 0 Å². The molecule has 0 bridgehead atoms. The molecule has 1 aliphatic rings. The van der Waals surface area contributed by atoms with E-state index in [0.29, 0.717) is 11.3 Å². The molecule has 0 saturated carbocycles. The maximum Gasteiger partial charge on any atom is 0.263 e. The first-order valence-electron chi connectivity index (χ1n) is 10.0. The summed E-state index contributed by atoms with van der Waals surface area (Å²) in [5.41, 5.74) is 4.24. The van der Waals surface area contributed by atoms with Crippen LogP contribution in [0.15, 0.2) is 112 Å². The summed E-state index contributed by atoms with van der Waals surface area (Å²) in [4.78, 5) is 15.2. The Balaban J connectivity index is 1.54. The average molecular weight is 594 g/mol. The van der Waals surface area contributed by atoms with Crippen molar-refractivity contribution in [2.75, 3.05) is 4.90 Å². The Bertz CT molecular complexity index is 1350. The Morgan fingerprint density at radius 2 is 1.62 bits per heavy atom. The summed E-state index contributed by atoms with van der Waals surface area (Å²) in [5.74, 6) is 1.32. The number of furan rings is 1. The summed E-state index contributed by atoms with van der Waals surface area (Å²) in [6, 6.07) is 29.7. The number of halogens is 2. The van der Waals surface area contributed by atoms with Crippen LogP contribution in [0.1, 0.15) is 11.3 Å². The molecule has 0 atom stereocenters. The highest BCUT2D eigenvalue weighted by molar-refractivity contribution is 14.1. The molecule has 1 aliphatic heterocycles.